The zero-order valence-electron chi connectivity index (χ0n) is 27.6. The molecule has 0 spiro atoms. The Labute approximate surface area is 271 Å². The maximum Gasteiger partial charge on any atom is 0.481 e. The highest BCUT2D eigenvalue weighted by molar-refractivity contribution is 6.48. The van der Waals surface area contributed by atoms with Crippen molar-refractivity contribution in [3.63, 3.8) is 0 Å². The van der Waals surface area contributed by atoms with Gasteiger partial charge in [-0.05, 0) is 79.9 Å². The molecule has 2 aromatic carbocycles. The zero-order valence-corrected chi connectivity index (χ0v) is 27.6. The van der Waals surface area contributed by atoms with Gasteiger partial charge < -0.3 is 25.3 Å². The van der Waals surface area contributed by atoms with E-state index < -0.39 is 36.5 Å². The third-order valence-corrected chi connectivity index (χ3v) is 10.6. The molecule has 0 radical (unpaired) electrons. The summed E-state index contributed by atoms with van der Waals surface area (Å²) in [4.78, 5) is 45.1. The van der Waals surface area contributed by atoms with Crippen molar-refractivity contribution in [2.75, 3.05) is 6.54 Å². The lowest BCUT2D eigenvalue weighted by Crippen LogP contribution is -2.65. The standard InChI is InChI=1S/C36H45BN4O5/c1-21(2)17-30(37-45-29-19-25-18-28(35(25,4)5)36(29,6)46-37)41-33(43)27(20-39-32(42)24-13-11-22(3)12-14-24)40-34(44)31-26-10-8-7-9-23(26)15-16-38-31/h7-16,21,25,27-30H,17-20H2,1-6H3,(H,39,42)(H,40,44)(H,41,43)/t25-,27+,28-,29-,30+,36+/m1/s1. The molecule has 2 bridgehead atoms. The summed E-state index contributed by atoms with van der Waals surface area (Å²) in [5.74, 6) is -0.478. The smallest absolute Gasteiger partial charge is 0.404 e. The molecule has 4 fully saturated rings. The summed E-state index contributed by atoms with van der Waals surface area (Å²) in [6.07, 6.45) is 4.25. The molecule has 7 rings (SSSR count). The number of amides is 3. The average molecular weight is 625 g/mol. The molecule has 10 heteroatoms. The number of nitrogens with zero attached hydrogens (tertiary/aromatic N) is 1. The van der Waals surface area contributed by atoms with Crippen molar-refractivity contribution in [2.45, 2.75) is 84.5 Å². The molecule has 46 heavy (non-hydrogen) atoms. The normalized spacial score (nSPS) is 25.7. The van der Waals surface area contributed by atoms with E-state index in [4.69, 9.17) is 9.31 Å². The first kappa shape index (κ1) is 32.2. The minimum atomic E-state index is -1.08. The van der Waals surface area contributed by atoms with Crippen molar-refractivity contribution in [1.82, 2.24) is 20.9 Å². The molecule has 3 N–H and O–H groups in total. The van der Waals surface area contributed by atoms with Gasteiger partial charge in [0, 0.05) is 23.7 Å². The van der Waals surface area contributed by atoms with Gasteiger partial charge in [-0.15, -0.1) is 0 Å². The Balaban J connectivity index is 1.22. The third-order valence-electron chi connectivity index (χ3n) is 10.6. The van der Waals surface area contributed by atoms with Crippen molar-refractivity contribution in [1.29, 1.82) is 0 Å². The molecule has 242 valence electrons. The molecular formula is C36H45BN4O5. The number of benzene rings is 2. The van der Waals surface area contributed by atoms with E-state index in [0.29, 0.717) is 29.2 Å². The average Bonchev–Trinajstić information content (AvgIpc) is 3.39. The summed E-state index contributed by atoms with van der Waals surface area (Å²) < 4.78 is 13.3. The maximum atomic E-state index is 14.1. The van der Waals surface area contributed by atoms with E-state index in [2.05, 4.69) is 55.6 Å². The summed E-state index contributed by atoms with van der Waals surface area (Å²) >= 11 is 0. The number of fused-ring (bicyclic) bond motifs is 1. The first-order chi connectivity index (χ1) is 21.9. The minimum Gasteiger partial charge on any atom is -0.404 e. The number of pyridine rings is 1. The number of hydrogen-bond donors (Lipinski definition) is 3. The molecule has 6 atom stereocenters. The topological polar surface area (TPSA) is 119 Å². The van der Waals surface area contributed by atoms with E-state index in [1.54, 1.807) is 18.3 Å². The molecule has 3 amide bonds. The van der Waals surface area contributed by atoms with Gasteiger partial charge in [0.15, 0.2) is 0 Å². The van der Waals surface area contributed by atoms with Crippen LogP contribution in [0.15, 0.2) is 60.8 Å². The van der Waals surface area contributed by atoms with Gasteiger partial charge in [0.2, 0.25) is 5.91 Å². The van der Waals surface area contributed by atoms with Crippen LogP contribution in [0, 0.1) is 30.1 Å². The van der Waals surface area contributed by atoms with Crippen molar-refractivity contribution >= 4 is 35.6 Å². The fourth-order valence-electron chi connectivity index (χ4n) is 7.84. The predicted molar refractivity (Wildman–Crippen MR) is 178 cm³/mol. The SMILES string of the molecule is Cc1ccc(C(=O)NC[C@H](NC(=O)c2nccc3ccccc23)C(=O)N[C@@H](CC(C)C)B2O[C@@H]3C[C@H]4C[C@H](C4(C)C)[C@]3(C)O2)cc1. The highest BCUT2D eigenvalue weighted by Crippen LogP contribution is 2.65. The Bertz CT molecular complexity index is 1620. The van der Waals surface area contributed by atoms with Crippen molar-refractivity contribution in [3.05, 3.63) is 77.6 Å². The molecule has 2 heterocycles. The van der Waals surface area contributed by atoms with Crippen LogP contribution in [0.2, 0.25) is 0 Å². The first-order valence-electron chi connectivity index (χ1n) is 16.5. The van der Waals surface area contributed by atoms with Crippen molar-refractivity contribution in [2.24, 2.45) is 23.2 Å². The first-order valence-corrected chi connectivity index (χ1v) is 16.5. The fourth-order valence-corrected chi connectivity index (χ4v) is 7.84. The third kappa shape index (κ3) is 6.05. The molecule has 3 aromatic rings. The number of aromatic nitrogens is 1. The van der Waals surface area contributed by atoms with Gasteiger partial charge in [-0.3, -0.25) is 19.4 Å². The van der Waals surface area contributed by atoms with Crippen LogP contribution >= 0.6 is 0 Å². The van der Waals surface area contributed by atoms with Gasteiger partial charge >= 0.3 is 7.12 Å². The van der Waals surface area contributed by atoms with Gasteiger partial charge in [0.1, 0.15) is 11.7 Å². The lowest BCUT2D eigenvalue weighted by molar-refractivity contribution is -0.199. The number of hydrogen-bond acceptors (Lipinski definition) is 6. The van der Waals surface area contributed by atoms with Crippen LogP contribution in [0.1, 0.15) is 80.3 Å². The molecule has 1 aliphatic heterocycles. The van der Waals surface area contributed by atoms with Crippen LogP contribution in [-0.4, -0.2) is 60.1 Å². The maximum absolute atomic E-state index is 14.1. The van der Waals surface area contributed by atoms with Crippen LogP contribution in [-0.2, 0) is 14.1 Å². The second-order valence-electron chi connectivity index (χ2n) is 14.6. The summed E-state index contributed by atoms with van der Waals surface area (Å²) in [6, 6.07) is 15.4. The molecule has 3 saturated carbocycles. The molecule has 0 unspecified atom stereocenters. The summed E-state index contributed by atoms with van der Waals surface area (Å²) in [5, 5.41) is 10.4. The van der Waals surface area contributed by atoms with Crippen molar-refractivity contribution in [3.8, 4) is 0 Å². The molecule has 1 saturated heterocycles. The van der Waals surface area contributed by atoms with Gasteiger partial charge in [-0.25, -0.2) is 0 Å². The Morgan fingerprint density at radius 2 is 1.72 bits per heavy atom. The highest BCUT2D eigenvalue weighted by Gasteiger charge is 2.68. The van der Waals surface area contributed by atoms with Crippen LogP contribution in [0.25, 0.3) is 10.8 Å². The van der Waals surface area contributed by atoms with E-state index in [1.165, 1.54) is 0 Å². The van der Waals surface area contributed by atoms with Gasteiger partial charge in [-0.2, -0.15) is 0 Å². The van der Waals surface area contributed by atoms with E-state index in [0.717, 1.165) is 23.8 Å². The fraction of sp³-hybridized carbons (Fsp3) is 0.500. The zero-order chi connectivity index (χ0) is 32.8. The van der Waals surface area contributed by atoms with E-state index in [9.17, 15) is 14.4 Å². The molecule has 9 nitrogen and oxygen atoms in total. The molecular weight excluding hydrogens is 579 g/mol. The Morgan fingerprint density at radius 3 is 2.43 bits per heavy atom. The van der Waals surface area contributed by atoms with E-state index >= 15 is 0 Å². The molecule has 3 aliphatic carbocycles. The van der Waals surface area contributed by atoms with E-state index in [-0.39, 0.29) is 35.6 Å². The number of nitrogens with one attached hydrogen (secondary N) is 3. The Kier molecular flexibility index (Phi) is 8.72. The lowest BCUT2D eigenvalue weighted by Gasteiger charge is -2.64. The largest absolute Gasteiger partial charge is 0.481 e. The Hall–Kier alpha value is -3.76. The number of carbonyl (C=O) groups is 3. The van der Waals surface area contributed by atoms with Crippen LogP contribution < -0.4 is 16.0 Å². The summed E-state index contributed by atoms with van der Waals surface area (Å²) in [6.45, 7) is 12.8. The van der Waals surface area contributed by atoms with Crippen molar-refractivity contribution < 1.29 is 23.7 Å². The van der Waals surface area contributed by atoms with E-state index in [1.807, 2.05) is 49.4 Å². The number of aryl methyl sites for hydroxylation is 1. The summed E-state index contributed by atoms with van der Waals surface area (Å²) in [5.41, 5.74) is 1.49. The van der Waals surface area contributed by atoms with Gasteiger partial charge in [0.25, 0.3) is 11.8 Å². The predicted octanol–water partition coefficient (Wildman–Crippen LogP) is 4.87. The molecule has 4 aliphatic rings. The lowest BCUT2D eigenvalue weighted by atomic mass is 9.43. The second-order valence-corrected chi connectivity index (χ2v) is 14.6. The monoisotopic (exact) mass is 624 g/mol. The van der Waals surface area contributed by atoms with Crippen LogP contribution in [0.4, 0.5) is 0 Å². The minimum absolute atomic E-state index is 0.0254. The van der Waals surface area contributed by atoms with Gasteiger partial charge in [-0.1, -0.05) is 69.7 Å². The molecule has 1 aromatic heterocycles. The van der Waals surface area contributed by atoms with Crippen LogP contribution in [0.5, 0.6) is 0 Å². The van der Waals surface area contributed by atoms with Crippen LogP contribution in [0.3, 0.4) is 0 Å². The Morgan fingerprint density at radius 1 is 0.978 bits per heavy atom. The summed E-state index contributed by atoms with van der Waals surface area (Å²) in [7, 11) is -0.616. The second kappa shape index (κ2) is 12.5. The quantitative estimate of drug-likeness (QED) is 0.277. The highest BCUT2D eigenvalue weighted by atomic mass is 16.7. The number of rotatable bonds is 10. The van der Waals surface area contributed by atoms with Gasteiger partial charge in [0.05, 0.1) is 17.6 Å². The number of carbonyl (C=O) groups excluding carboxylic acids is 3.